The Balaban J connectivity index is 1.99. The van der Waals surface area contributed by atoms with Crippen molar-refractivity contribution in [3.63, 3.8) is 0 Å². The summed E-state index contributed by atoms with van der Waals surface area (Å²) in [5, 5.41) is 12.3. The van der Waals surface area contributed by atoms with E-state index in [4.69, 9.17) is 5.11 Å². The van der Waals surface area contributed by atoms with Crippen molar-refractivity contribution in [1.82, 2.24) is 10.3 Å². The number of pyridine rings is 1. The molecular weight excluding hydrogens is 204 g/mol. The minimum atomic E-state index is -0.737. The Morgan fingerprint density at radius 3 is 2.81 bits per heavy atom. The number of aromatic nitrogens is 1. The zero-order valence-corrected chi connectivity index (χ0v) is 9.36. The summed E-state index contributed by atoms with van der Waals surface area (Å²) in [6.45, 7) is 2.55. The van der Waals surface area contributed by atoms with Gasteiger partial charge in [-0.25, -0.2) is 0 Å². The Bertz CT molecular complexity index is 400. The molecule has 0 unspecified atom stereocenters. The second kappa shape index (κ2) is 4.22. The molecule has 1 fully saturated rings. The van der Waals surface area contributed by atoms with Gasteiger partial charge in [-0.3, -0.25) is 15.1 Å². The van der Waals surface area contributed by atoms with Gasteiger partial charge < -0.3 is 5.11 Å². The van der Waals surface area contributed by atoms with Crippen molar-refractivity contribution in [3.05, 3.63) is 29.6 Å². The molecule has 0 aliphatic heterocycles. The van der Waals surface area contributed by atoms with Gasteiger partial charge in [-0.2, -0.15) is 0 Å². The minimum Gasteiger partial charge on any atom is -0.480 e. The molecule has 2 rings (SSSR count). The summed E-state index contributed by atoms with van der Waals surface area (Å²) in [6.07, 6.45) is 6.00. The van der Waals surface area contributed by atoms with Gasteiger partial charge in [-0.05, 0) is 37.3 Å². The van der Waals surface area contributed by atoms with Gasteiger partial charge in [0.2, 0.25) is 0 Å². The number of aryl methyl sites for hydroxylation is 1. The molecule has 86 valence electrons. The fraction of sp³-hybridized carbons (Fsp3) is 0.500. The summed E-state index contributed by atoms with van der Waals surface area (Å²) in [6, 6.07) is 2.02. The molecule has 4 nitrogen and oxygen atoms in total. The van der Waals surface area contributed by atoms with Crippen LogP contribution in [0.5, 0.6) is 0 Å². The van der Waals surface area contributed by atoms with E-state index in [9.17, 15) is 4.79 Å². The van der Waals surface area contributed by atoms with E-state index in [2.05, 4.69) is 10.3 Å². The van der Waals surface area contributed by atoms with Gasteiger partial charge in [-0.1, -0.05) is 6.07 Å². The maximum atomic E-state index is 11.1. The Morgan fingerprint density at radius 1 is 1.56 bits per heavy atom. The smallest absolute Gasteiger partial charge is 0.323 e. The fourth-order valence-corrected chi connectivity index (χ4v) is 1.98. The first-order chi connectivity index (χ1) is 7.62. The number of carboxylic acid groups (broad SMARTS) is 1. The molecule has 16 heavy (non-hydrogen) atoms. The van der Waals surface area contributed by atoms with E-state index in [1.54, 1.807) is 12.4 Å². The van der Waals surface area contributed by atoms with Crippen LogP contribution >= 0.6 is 0 Å². The second-order valence-electron chi connectivity index (χ2n) is 4.46. The minimum absolute atomic E-state index is 0.570. The number of rotatable bonds is 4. The molecule has 0 aromatic carbocycles. The van der Waals surface area contributed by atoms with Crippen LogP contribution in [0.4, 0.5) is 0 Å². The van der Waals surface area contributed by atoms with Crippen LogP contribution in [0.25, 0.3) is 0 Å². The summed E-state index contributed by atoms with van der Waals surface area (Å²) in [5.74, 6) is -0.737. The summed E-state index contributed by atoms with van der Waals surface area (Å²) in [5.41, 5.74) is 1.44. The zero-order chi connectivity index (χ0) is 11.6. The highest BCUT2D eigenvalue weighted by Crippen LogP contribution is 2.32. The van der Waals surface area contributed by atoms with E-state index in [1.807, 2.05) is 13.0 Å². The molecule has 0 atom stereocenters. The largest absolute Gasteiger partial charge is 0.480 e. The monoisotopic (exact) mass is 220 g/mol. The quantitative estimate of drug-likeness (QED) is 0.807. The van der Waals surface area contributed by atoms with Crippen LogP contribution in [0.15, 0.2) is 18.5 Å². The van der Waals surface area contributed by atoms with Crippen molar-refractivity contribution < 1.29 is 9.90 Å². The predicted molar refractivity (Wildman–Crippen MR) is 60.0 cm³/mol. The van der Waals surface area contributed by atoms with Crippen molar-refractivity contribution in [2.75, 3.05) is 0 Å². The molecule has 1 aromatic heterocycles. The van der Waals surface area contributed by atoms with Crippen molar-refractivity contribution in [3.8, 4) is 0 Å². The van der Waals surface area contributed by atoms with Crippen molar-refractivity contribution >= 4 is 5.97 Å². The van der Waals surface area contributed by atoms with Gasteiger partial charge >= 0.3 is 5.97 Å². The maximum absolute atomic E-state index is 11.1. The number of hydrogen-bond donors (Lipinski definition) is 2. The first-order valence-electron chi connectivity index (χ1n) is 5.51. The van der Waals surface area contributed by atoms with Crippen LogP contribution in [-0.2, 0) is 11.3 Å². The van der Waals surface area contributed by atoms with Crippen LogP contribution in [0.1, 0.15) is 30.4 Å². The maximum Gasteiger partial charge on any atom is 0.323 e. The average molecular weight is 220 g/mol. The molecule has 4 heteroatoms. The van der Waals surface area contributed by atoms with Gasteiger partial charge in [-0.15, -0.1) is 0 Å². The molecule has 0 amide bonds. The zero-order valence-electron chi connectivity index (χ0n) is 9.36. The molecule has 0 saturated heterocycles. The van der Waals surface area contributed by atoms with Gasteiger partial charge in [0.1, 0.15) is 5.54 Å². The molecule has 1 aliphatic rings. The highest BCUT2D eigenvalue weighted by molar-refractivity contribution is 5.79. The topological polar surface area (TPSA) is 62.2 Å². The summed E-state index contributed by atoms with van der Waals surface area (Å²) in [7, 11) is 0. The van der Waals surface area contributed by atoms with Crippen LogP contribution < -0.4 is 5.32 Å². The van der Waals surface area contributed by atoms with Crippen molar-refractivity contribution in [2.45, 2.75) is 38.3 Å². The number of hydrogen-bond acceptors (Lipinski definition) is 3. The molecule has 0 radical (unpaired) electrons. The molecule has 1 aliphatic carbocycles. The lowest BCUT2D eigenvalue weighted by molar-refractivity contribution is -0.148. The first kappa shape index (κ1) is 11.1. The Hall–Kier alpha value is -1.42. The molecule has 0 bridgehead atoms. The Kier molecular flexibility index (Phi) is 2.92. The molecular formula is C12H16N2O2. The number of nitrogens with zero attached hydrogens (tertiary/aromatic N) is 1. The molecule has 1 saturated carbocycles. The second-order valence-corrected chi connectivity index (χ2v) is 4.46. The van der Waals surface area contributed by atoms with Gasteiger partial charge in [0.05, 0.1) is 0 Å². The van der Waals surface area contributed by atoms with Crippen LogP contribution in [0.2, 0.25) is 0 Å². The number of nitrogens with one attached hydrogen (secondary N) is 1. The lowest BCUT2D eigenvalue weighted by Crippen LogP contribution is -2.56. The summed E-state index contributed by atoms with van der Waals surface area (Å²) < 4.78 is 0. The fourth-order valence-electron chi connectivity index (χ4n) is 1.98. The first-order valence-corrected chi connectivity index (χ1v) is 5.51. The van der Waals surface area contributed by atoms with Crippen LogP contribution in [0.3, 0.4) is 0 Å². The number of carbonyl (C=O) groups is 1. The molecule has 0 spiro atoms. The van der Waals surface area contributed by atoms with Gasteiger partial charge in [0.25, 0.3) is 0 Å². The van der Waals surface area contributed by atoms with E-state index in [-0.39, 0.29) is 0 Å². The third-order valence-corrected chi connectivity index (χ3v) is 3.18. The van der Waals surface area contributed by atoms with E-state index in [0.29, 0.717) is 6.54 Å². The third kappa shape index (κ3) is 2.07. The lowest BCUT2D eigenvalue weighted by atomic mass is 9.76. The SMILES string of the molecule is Cc1cncc(CNC2(C(=O)O)CCC2)c1. The normalized spacial score (nSPS) is 17.8. The predicted octanol–water partition coefficient (Wildman–Crippen LogP) is 1.49. The van der Waals surface area contributed by atoms with Crippen LogP contribution in [-0.4, -0.2) is 21.6 Å². The average Bonchev–Trinajstić information content (AvgIpc) is 2.15. The lowest BCUT2D eigenvalue weighted by Gasteiger charge is -2.38. The highest BCUT2D eigenvalue weighted by atomic mass is 16.4. The Morgan fingerprint density at radius 2 is 2.31 bits per heavy atom. The van der Waals surface area contributed by atoms with E-state index in [0.717, 1.165) is 30.4 Å². The van der Waals surface area contributed by atoms with E-state index >= 15 is 0 Å². The standard InChI is InChI=1S/C12H16N2O2/c1-9-5-10(7-13-6-9)8-14-12(11(15)16)3-2-4-12/h5-7,14H,2-4,8H2,1H3,(H,15,16). The van der Waals surface area contributed by atoms with Crippen LogP contribution in [0, 0.1) is 6.92 Å². The number of carboxylic acids is 1. The van der Waals surface area contributed by atoms with Gasteiger partial charge in [0, 0.05) is 18.9 Å². The molecule has 1 aromatic rings. The van der Waals surface area contributed by atoms with Gasteiger partial charge in [0.15, 0.2) is 0 Å². The van der Waals surface area contributed by atoms with E-state index in [1.165, 1.54) is 0 Å². The van der Waals surface area contributed by atoms with Crippen molar-refractivity contribution in [1.29, 1.82) is 0 Å². The molecule has 2 N–H and O–H groups in total. The third-order valence-electron chi connectivity index (χ3n) is 3.18. The van der Waals surface area contributed by atoms with Crippen molar-refractivity contribution in [2.24, 2.45) is 0 Å². The highest BCUT2D eigenvalue weighted by Gasteiger charge is 2.43. The van der Waals surface area contributed by atoms with E-state index < -0.39 is 11.5 Å². The summed E-state index contributed by atoms with van der Waals surface area (Å²) in [4.78, 5) is 15.2. The molecule has 1 heterocycles. The Labute approximate surface area is 94.7 Å². The summed E-state index contributed by atoms with van der Waals surface area (Å²) >= 11 is 0. The number of aliphatic carboxylic acids is 1.